The van der Waals surface area contributed by atoms with Crippen LogP contribution in [-0.4, -0.2) is 116 Å². The molecule has 4 aromatic rings. The molecule has 0 radical (unpaired) electrons. The van der Waals surface area contributed by atoms with Crippen LogP contribution in [0, 0.1) is 0 Å². The second-order valence-electron chi connectivity index (χ2n) is 15.9. The van der Waals surface area contributed by atoms with E-state index in [0.717, 1.165) is 35.3 Å². The number of hydroxylamine groups is 2. The summed E-state index contributed by atoms with van der Waals surface area (Å²) < 4.78 is 11.8. The molecule has 2 heterocycles. The molecule has 2 fully saturated rings. The summed E-state index contributed by atoms with van der Waals surface area (Å²) in [7, 11) is 7.99. The van der Waals surface area contributed by atoms with E-state index in [-0.39, 0.29) is 29.8 Å². The van der Waals surface area contributed by atoms with Crippen LogP contribution in [0.5, 0.6) is 11.5 Å². The molecule has 0 saturated carbocycles. The van der Waals surface area contributed by atoms with Crippen molar-refractivity contribution < 1.29 is 28.7 Å². The van der Waals surface area contributed by atoms with Gasteiger partial charge in [0.05, 0.1) is 25.4 Å². The molecule has 4 aromatic carbocycles. The maximum absolute atomic E-state index is 13.9. The maximum Gasteiger partial charge on any atom is 0.258 e. The number of likely N-dealkylation sites (tertiary alicyclic amines) is 1. The van der Waals surface area contributed by atoms with E-state index in [2.05, 4.69) is 27.4 Å². The Morgan fingerprint density at radius 2 is 1.15 bits per heavy atom. The smallest absolute Gasteiger partial charge is 0.258 e. The summed E-state index contributed by atoms with van der Waals surface area (Å²) in [5, 5.41) is 7.95. The number of carbonyl (C=O) groups is 3. The van der Waals surface area contributed by atoms with Crippen molar-refractivity contribution in [2.45, 2.75) is 70.3 Å². The van der Waals surface area contributed by atoms with Crippen LogP contribution in [0.4, 0.5) is 11.4 Å². The third kappa shape index (κ3) is 11.4. The SMILES string of the molecule is CCCOc1ccccc1CON1C[C@@H](N(C)C)C[C@H]1C(=O)Nc1ccc(/C=C/c2ccc(NC(=O)[C@@H]3C[C@H](N(C)C)CN3C(=O)c3ccccc3OCCC)cc2)cc1. The van der Waals surface area contributed by atoms with Crippen molar-refractivity contribution in [1.29, 1.82) is 0 Å². The molecule has 2 aliphatic heterocycles. The molecule has 0 aliphatic carbocycles. The number of ether oxygens (including phenoxy) is 2. The number of para-hydroxylation sites is 2. The van der Waals surface area contributed by atoms with Crippen molar-refractivity contribution in [3.63, 3.8) is 0 Å². The van der Waals surface area contributed by atoms with Crippen LogP contribution < -0.4 is 20.1 Å². The molecule has 12 nitrogen and oxygen atoms in total. The topological polar surface area (TPSA) is 116 Å². The molecule has 4 atom stereocenters. The van der Waals surface area contributed by atoms with Gasteiger partial charge in [0.15, 0.2) is 0 Å². The van der Waals surface area contributed by atoms with Gasteiger partial charge < -0.3 is 34.8 Å². The van der Waals surface area contributed by atoms with Crippen molar-refractivity contribution in [2.24, 2.45) is 0 Å². The minimum absolute atomic E-state index is 0.0459. The molecular weight excluding hydrogens is 757 g/mol. The van der Waals surface area contributed by atoms with Gasteiger partial charge in [-0.25, -0.2) is 0 Å². The van der Waals surface area contributed by atoms with E-state index < -0.39 is 12.1 Å². The zero-order valence-corrected chi connectivity index (χ0v) is 35.8. The van der Waals surface area contributed by atoms with E-state index in [1.54, 1.807) is 22.1 Å². The average Bonchev–Trinajstić information content (AvgIpc) is 3.91. The Bertz CT molecular complexity index is 2070. The monoisotopic (exact) mass is 816 g/mol. The summed E-state index contributed by atoms with van der Waals surface area (Å²) in [6, 6.07) is 29.6. The second kappa shape index (κ2) is 21.1. The minimum Gasteiger partial charge on any atom is -0.493 e. The highest BCUT2D eigenvalue weighted by Gasteiger charge is 2.42. The lowest BCUT2D eigenvalue weighted by Crippen LogP contribution is -2.43. The Morgan fingerprint density at radius 1 is 0.650 bits per heavy atom. The Morgan fingerprint density at radius 3 is 1.73 bits per heavy atom. The van der Waals surface area contributed by atoms with Crippen molar-refractivity contribution in [1.82, 2.24) is 19.8 Å². The van der Waals surface area contributed by atoms with Gasteiger partial charge in [-0.15, -0.1) is 0 Å². The van der Waals surface area contributed by atoms with Crippen molar-refractivity contribution in [3.8, 4) is 11.5 Å². The number of benzene rings is 4. The molecular formula is C48H60N6O6. The fourth-order valence-corrected chi connectivity index (χ4v) is 7.46. The Balaban J connectivity index is 1.04. The summed E-state index contributed by atoms with van der Waals surface area (Å²) in [6.07, 6.45) is 6.92. The van der Waals surface area contributed by atoms with Gasteiger partial charge in [0.1, 0.15) is 23.6 Å². The fourth-order valence-electron chi connectivity index (χ4n) is 7.46. The highest BCUT2D eigenvalue weighted by atomic mass is 16.7. The molecule has 60 heavy (non-hydrogen) atoms. The summed E-state index contributed by atoms with van der Waals surface area (Å²) in [5.41, 5.74) is 4.69. The van der Waals surface area contributed by atoms with Gasteiger partial charge >= 0.3 is 0 Å². The number of likely N-dealkylation sites (N-methyl/N-ethyl adjacent to an activating group) is 2. The lowest BCUT2D eigenvalue weighted by molar-refractivity contribution is -0.183. The molecule has 0 aromatic heterocycles. The lowest BCUT2D eigenvalue weighted by atomic mass is 10.1. The standard InChI is InChI=1S/C48H60N6O6/c1-7-27-58-44-15-11-9-13-36(44)33-60-54-32-40(52(5)6)30-43(54)47(56)50-38-25-21-35(22-26-38)18-17-34-19-23-37(24-20-34)49-46(55)42-29-39(51(3)4)31-53(42)48(57)41-14-10-12-16-45(41)59-28-8-2/h9-26,39-40,42-43H,7-8,27-33H2,1-6H3,(H,49,55)(H,50,56)/b18-17+/t39-,40-,42-,43-/m0/s1. The van der Waals surface area contributed by atoms with Crippen molar-refractivity contribution in [2.75, 3.05) is 65.1 Å². The largest absolute Gasteiger partial charge is 0.493 e. The van der Waals surface area contributed by atoms with Gasteiger partial charge in [-0.3, -0.25) is 19.2 Å². The number of carbonyl (C=O) groups excluding carboxylic acids is 3. The summed E-state index contributed by atoms with van der Waals surface area (Å²) in [6.45, 7) is 6.61. The number of hydrogen-bond donors (Lipinski definition) is 2. The number of nitrogens with zero attached hydrogens (tertiary/aromatic N) is 4. The Hall–Kier alpha value is -5.53. The van der Waals surface area contributed by atoms with Crippen LogP contribution in [0.3, 0.4) is 0 Å². The Labute approximate surface area is 355 Å². The lowest BCUT2D eigenvalue weighted by Gasteiger charge is -2.25. The van der Waals surface area contributed by atoms with Crippen LogP contribution in [-0.2, 0) is 21.0 Å². The average molecular weight is 817 g/mol. The van der Waals surface area contributed by atoms with Gasteiger partial charge in [-0.2, -0.15) is 5.06 Å². The number of rotatable bonds is 18. The predicted octanol–water partition coefficient (Wildman–Crippen LogP) is 7.29. The molecule has 318 valence electrons. The first kappa shape index (κ1) is 44.0. The van der Waals surface area contributed by atoms with E-state index >= 15 is 0 Å². The second-order valence-corrected chi connectivity index (χ2v) is 15.9. The molecule has 6 rings (SSSR count). The molecule has 3 amide bonds. The highest BCUT2D eigenvalue weighted by Crippen LogP contribution is 2.29. The first-order valence-corrected chi connectivity index (χ1v) is 21.0. The van der Waals surface area contributed by atoms with E-state index in [0.29, 0.717) is 68.4 Å². The van der Waals surface area contributed by atoms with Crippen LogP contribution >= 0.6 is 0 Å². The van der Waals surface area contributed by atoms with Crippen LogP contribution in [0.1, 0.15) is 66.6 Å². The molecule has 0 spiro atoms. The van der Waals surface area contributed by atoms with Crippen molar-refractivity contribution >= 4 is 41.2 Å². The molecule has 2 N–H and O–H groups in total. The van der Waals surface area contributed by atoms with E-state index in [9.17, 15) is 14.4 Å². The third-order valence-corrected chi connectivity index (χ3v) is 11.1. The number of anilines is 2. The molecule has 0 unspecified atom stereocenters. The van der Waals surface area contributed by atoms with E-state index in [4.69, 9.17) is 14.3 Å². The van der Waals surface area contributed by atoms with Gasteiger partial charge in [0, 0.05) is 42.1 Å². The normalized spacial score (nSPS) is 19.3. The van der Waals surface area contributed by atoms with Gasteiger partial charge in [0.25, 0.3) is 5.91 Å². The first-order valence-electron chi connectivity index (χ1n) is 21.0. The van der Waals surface area contributed by atoms with E-state index in [1.165, 1.54) is 0 Å². The predicted molar refractivity (Wildman–Crippen MR) is 238 cm³/mol. The minimum atomic E-state index is -0.629. The Kier molecular flexibility index (Phi) is 15.5. The van der Waals surface area contributed by atoms with Crippen LogP contribution in [0.15, 0.2) is 97.1 Å². The number of nitrogens with one attached hydrogen (secondary N) is 2. The highest BCUT2D eigenvalue weighted by molar-refractivity contribution is 6.03. The van der Waals surface area contributed by atoms with E-state index in [1.807, 2.05) is 132 Å². The number of amides is 3. The maximum atomic E-state index is 13.9. The fraction of sp³-hybridized carbons (Fsp3) is 0.396. The van der Waals surface area contributed by atoms with Gasteiger partial charge in [-0.05, 0) is 107 Å². The van der Waals surface area contributed by atoms with Gasteiger partial charge in [-0.1, -0.05) is 80.6 Å². The zero-order valence-electron chi connectivity index (χ0n) is 35.8. The quantitative estimate of drug-likeness (QED) is 0.1000. The molecule has 2 saturated heterocycles. The molecule has 0 bridgehead atoms. The number of hydrogen-bond acceptors (Lipinski definition) is 9. The summed E-state index contributed by atoms with van der Waals surface area (Å²) in [5.74, 6) is 0.787. The summed E-state index contributed by atoms with van der Waals surface area (Å²) >= 11 is 0. The van der Waals surface area contributed by atoms with Crippen LogP contribution in [0.25, 0.3) is 12.2 Å². The molecule has 12 heteroatoms. The summed E-state index contributed by atoms with van der Waals surface area (Å²) in [4.78, 5) is 53.4. The van der Waals surface area contributed by atoms with Crippen molar-refractivity contribution in [3.05, 3.63) is 119 Å². The van der Waals surface area contributed by atoms with Crippen LogP contribution in [0.2, 0.25) is 0 Å². The molecule has 2 aliphatic rings. The third-order valence-electron chi connectivity index (χ3n) is 11.1. The zero-order chi connectivity index (χ0) is 42.6. The first-order chi connectivity index (χ1) is 29.0. The van der Waals surface area contributed by atoms with Gasteiger partial charge in [0.2, 0.25) is 11.8 Å².